The van der Waals surface area contributed by atoms with Gasteiger partial charge in [-0.2, -0.15) is 11.8 Å². The Hall–Kier alpha value is -1.07. The van der Waals surface area contributed by atoms with Crippen molar-refractivity contribution in [3.8, 4) is 0 Å². The van der Waals surface area contributed by atoms with Gasteiger partial charge in [-0.25, -0.2) is 8.78 Å². The van der Waals surface area contributed by atoms with Crippen LogP contribution in [0.2, 0.25) is 0 Å². The fourth-order valence-corrected chi connectivity index (χ4v) is 3.77. The van der Waals surface area contributed by atoms with Crippen LogP contribution in [0.4, 0.5) is 14.5 Å². The van der Waals surface area contributed by atoms with Crippen molar-refractivity contribution >= 4 is 33.4 Å². The molecular weight excluding hydrogens is 344 g/mol. The number of halogens is 3. The fourth-order valence-electron chi connectivity index (χ4n) is 2.32. The van der Waals surface area contributed by atoms with Gasteiger partial charge in [-0.3, -0.25) is 0 Å². The van der Waals surface area contributed by atoms with E-state index in [9.17, 15) is 8.78 Å². The minimum atomic E-state index is -0.591. The Kier molecular flexibility index (Phi) is 3.98. The maximum Gasteiger partial charge on any atom is 0.149 e. The summed E-state index contributed by atoms with van der Waals surface area (Å²) in [5.74, 6) is 0.681. The van der Waals surface area contributed by atoms with Crippen LogP contribution in [-0.2, 0) is 5.75 Å². The zero-order valence-electron chi connectivity index (χ0n) is 10.5. The van der Waals surface area contributed by atoms with Gasteiger partial charge in [-0.15, -0.1) is 0 Å². The molecule has 104 valence electrons. The first-order chi connectivity index (χ1) is 9.65. The van der Waals surface area contributed by atoms with Crippen molar-refractivity contribution in [1.82, 2.24) is 0 Å². The van der Waals surface area contributed by atoms with Crippen molar-refractivity contribution in [1.29, 1.82) is 0 Å². The summed E-state index contributed by atoms with van der Waals surface area (Å²) in [5.41, 5.74) is 2.77. The van der Waals surface area contributed by atoms with Crippen LogP contribution in [-0.4, -0.2) is 5.75 Å². The van der Waals surface area contributed by atoms with Crippen molar-refractivity contribution < 1.29 is 8.78 Å². The minimum absolute atomic E-state index is 0.0387. The topological polar surface area (TPSA) is 12.0 Å². The van der Waals surface area contributed by atoms with Crippen LogP contribution < -0.4 is 5.32 Å². The summed E-state index contributed by atoms with van der Waals surface area (Å²) in [5, 5.41) is 3.18. The van der Waals surface area contributed by atoms with E-state index in [2.05, 4.69) is 33.4 Å². The van der Waals surface area contributed by atoms with Crippen LogP contribution in [0.5, 0.6) is 0 Å². The van der Waals surface area contributed by atoms with Gasteiger partial charge < -0.3 is 5.32 Å². The van der Waals surface area contributed by atoms with Gasteiger partial charge in [0, 0.05) is 17.6 Å². The van der Waals surface area contributed by atoms with Crippen molar-refractivity contribution in [3.63, 3.8) is 0 Å². The molecule has 0 radical (unpaired) electrons. The number of rotatable bonds is 2. The van der Waals surface area contributed by atoms with E-state index in [4.69, 9.17) is 0 Å². The van der Waals surface area contributed by atoms with Crippen LogP contribution >= 0.6 is 27.7 Å². The molecule has 0 aliphatic carbocycles. The predicted octanol–water partition coefficient (Wildman–Crippen LogP) is 5.13. The van der Waals surface area contributed by atoms with Crippen LogP contribution in [0.25, 0.3) is 0 Å². The maximum atomic E-state index is 13.8. The van der Waals surface area contributed by atoms with Crippen LogP contribution in [0.3, 0.4) is 0 Å². The molecule has 0 bridgehead atoms. The molecule has 1 atom stereocenters. The molecule has 1 unspecified atom stereocenters. The third-order valence-electron chi connectivity index (χ3n) is 3.31. The summed E-state index contributed by atoms with van der Waals surface area (Å²) in [6, 6.07) is 10.5. The molecule has 1 aliphatic rings. The normalized spacial score (nSPS) is 17.6. The Balaban J connectivity index is 1.91. The van der Waals surface area contributed by atoms with Gasteiger partial charge in [0.2, 0.25) is 0 Å². The van der Waals surface area contributed by atoms with E-state index in [0.29, 0.717) is 5.69 Å². The molecule has 0 aromatic heterocycles. The van der Waals surface area contributed by atoms with Gasteiger partial charge in [-0.1, -0.05) is 24.3 Å². The lowest BCUT2D eigenvalue weighted by Gasteiger charge is -2.27. The van der Waals surface area contributed by atoms with E-state index in [1.54, 1.807) is 0 Å². The molecular formula is C15H12BrF2NS. The molecule has 0 amide bonds. The number of anilines is 1. The molecule has 1 heterocycles. The number of thioether (sulfide) groups is 1. The molecule has 2 aromatic rings. The van der Waals surface area contributed by atoms with E-state index in [0.717, 1.165) is 17.6 Å². The second-order valence-corrected chi connectivity index (χ2v) is 6.54. The minimum Gasteiger partial charge on any atom is -0.375 e. The van der Waals surface area contributed by atoms with Gasteiger partial charge in [-0.05, 0) is 33.1 Å². The van der Waals surface area contributed by atoms with Crippen LogP contribution in [0.1, 0.15) is 17.2 Å². The van der Waals surface area contributed by atoms with E-state index in [-0.39, 0.29) is 10.5 Å². The summed E-state index contributed by atoms with van der Waals surface area (Å²) in [4.78, 5) is 0. The molecule has 1 aliphatic heterocycles. The summed E-state index contributed by atoms with van der Waals surface area (Å²) in [7, 11) is 0. The monoisotopic (exact) mass is 355 g/mol. The summed E-state index contributed by atoms with van der Waals surface area (Å²) in [6.07, 6.45) is 0. The summed E-state index contributed by atoms with van der Waals surface area (Å²) >= 11 is 4.90. The van der Waals surface area contributed by atoms with Gasteiger partial charge in [0.05, 0.1) is 16.2 Å². The maximum absolute atomic E-state index is 13.8. The standard InChI is InChI=1S/C15H12BrF2NS/c16-11-5-14(13(18)6-12(11)17)19-15-8-20-7-9-3-1-2-4-10(9)15/h1-6,15,19H,7-8H2. The zero-order chi connectivity index (χ0) is 14.1. The predicted molar refractivity (Wildman–Crippen MR) is 83.0 cm³/mol. The van der Waals surface area contributed by atoms with E-state index in [1.165, 1.54) is 17.2 Å². The molecule has 2 aromatic carbocycles. The van der Waals surface area contributed by atoms with E-state index in [1.807, 2.05) is 23.9 Å². The number of benzene rings is 2. The van der Waals surface area contributed by atoms with Crippen LogP contribution in [0.15, 0.2) is 40.9 Å². The highest BCUT2D eigenvalue weighted by molar-refractivity contribution is 9.10. The largest absolute Gasteiger partial charge is 0.375 e. The highest BCUT2D eigenvalue weighted by Crippen LogP contribution is 2.35. The van der Waals surface area contributed by atoms with Gasteiger partial charge in [0.25, 0.3) is 0 Å². The third-order valence-corrected chi connectivity index (χ3v) is 5.00. The Bertz CT molecular complexity index is 648. The van der Waals surface area contributed by atoms with Gasteiger partial charge in [0.15, 0.2) is 0 Å². The van der Waals surface area contributed by atoms with Crippen LogP contribution in [0, 0.1) is 11.6 Å². The second kappa shape index (κ2) is 5.74. The average Bonchev–Trinajstić information content (AvgIpc) is 2.45. The first-order valence-corrected chi connectivity index (χ1v) is 8.16. The van der Waals surface area contributed by atoms with Crippen molar-refractivity contribution in [2.24, 2.45) is 0 Å². The first-order valence-electron chi connectivity index (χ1n) is 6.22. The lowest BCUT2D eigenvalue weighted by molar-refractivity contribution is 0.579. The average molecular weight is 356 g/mol. The molecule has 3 rings (SSSR count). The molecule has 20 heavy (non-hydrogen) atoms. The SMILES string of the molecule is Fc1cc(F)c(NC2CSCc3ccccc32)cc1Br. The van der Waals surface area contributed by atoms with Gasteiger partial charge >= 0.3 is 0 Å². The molecule has 5 heteroatoms. The van der Waals surface area contributed by atoms with E-state index < -0.39 is 11.6 Å². The molecule has 0 saturated carbocycles. The quantitative estimate of drug-likeness (QED) is 0.749. The van der Waals surface area contributed by atoms with Crippen molar-refractivity contribution in [2.45, 2.75) is 11.8 Å². The smallest absolute Gasteiger partial charge is 0.149 e. The highest BCUT2D eigenvalue weighted by Gasteiger charge is 2.21. The summed E-state index contributed by atoms with van der Waals surface area (Å²) < 4.78 is 27.4. The lowest BCUT2D eigenvalue weighted by Crippen LogP contribution is -2.19. The highest BCUT2D eigenvalue weighted by atomic mass is 79.9. The molecule has 1 N–H and O–H groups in total. The molecule has 0 spiro atoms. The Morgan fingerprint density at radius 2 is 1.95 bits per heavy atom. The molecule has 0 saturated heterocycles. The Morgan fingerprint density at radius 3 is 2.80 bits per heavy atom. The Labute approximate surface area is 128 Å². The van der Waals surface area contributed by atoms with E-state index >= 15 is 0 Å². The number of hydrogen-bond donors (Lipinski definition) is 1. The number of nitrogens with one attached hydrogen (secondary N) is 1. The second-order valence-electron chi connectivity index (χ2n) is 4.66. The van der Waals surface area contributed by atoms with Gasteiger partial charge in [0.1, 0.15) is 11.6 Å². The zero-order valence-corrected chi connectivity index (χ0v) is 12.9. The summed E-state index contributed by atoms with van der Waals surface area (Å²) in [6.45, 7) is 0. The number of hydrogen-bond acceptors (Lipinski definition) is 2. The van der Waals surface area contributed by atoms with Crippen molar-refractivity contribution in [2.75, 3.05) is 11.1 Å². The van der Waals surface area contributed by atoms with Crippen molar-refractivity contribution in [3.05, 3.63) is 63.6 Å². The first kappa shape index (κ1) is 13.9. The molecule has 1 nitrogen and oxygen atoms in total. The number of fused-ring (bicyclic) bond motifs is 1. The Morgan fingerprint density at radius 1 is 1.15 bits per heavy atom. The molecule has 0 fully saturated rings. The lowest BCUT2D eigenvalue weighted by atomic mass is 10.0. The fraction of sp³-hybridized carbons (Fsp3) is 0.200. The third kappa shape index (κ3) is 2.69.